The molecule has 0 saturated carbocycles. The van der Waals surface area contributed by atoms with E-state index in [1.807, 2.05) is 0 Å². The number of halogens is 3. The SMILES string of the molecule is CCC[C@@H](NC(=O)c1ccc(C(F)(F)F)[nH]c1=O)C(=O)O. The smallest absolute Gasteiger partial charge is 0.431 e. The molecule has 21 heavy (non-hydrogen) atoms. The zero-order chi connectivity index (χ0) is 16.2. The van der Waals surface area contributed by atoms with Gasteiger partial charge in [-0.15, -0.1) is 0 Å². The number of hydrogen-bond donors (Lipinski definition) is 3. The van der Waals surface area contributed by atoms with E-state index in [9.17, 15) is 27.6 Å². The number of carboxylic acid groups (broad SMARTS) is 1. The quantitative estimate of drug-likeness (QED) is 0.765. The molecule has 6 nitrogen and oxygen atoms in total. The molecular weight excluding hydrogens is 293 g/mol. The Bertz CT molecular complexity index is 595. The monoisotopic (exact) mass is 306 g/mol. The number of carboxylic acids is 1. The number of carbonyl (C=O) groups is 2. The number of aliphatic carboxylic acids is 1. The minimum absolute atomic E-state index is 0.139. The van der Waals surface area contributed by atoms with Gasteiger partial charge in [0.1, 0.15) is 17.3 Å². The van der Waals surface area contributed by atoms with Crippen LogP contribution in [-0.2, 0) is 11.0 Å². The first kappa shape index (κ1) is 16.7. The van der Waals surface area contributed by atoms with Gasteiger partial charge in [-0.1, -0.05) is 13.3 Å². The van der Waals surface area contributed by atoms with Crippen LogP contribution in [-0.4, -0.2) is 28.0 Å². The van der Waals surface area contributed by atoms with E-state index in [-0.39, 0.29) is 6.42 Å². The van der Waals surface area contributed by atoms with Crippen LogP contribution < -0.4 is 10.9 Å². The molecule has 0 saturated heterocycles. The zero-order valence-corrected chi connectivity index (χ0v) is 11.0. The predicted molar refractivity (Wildman–Crippen MR) is 65.9 cm³/mol. The van der Waals surface area contributed by atoms with Gasteiger partial charge in [-0.2, -0.15) is 13.2 Å². The van der Waals surface area contributed by atoms with Gasteiger partial charge in [0, 0.05) is 0 Å². The highest BCUT2D eigenvalue weighted by molar-refractivity contribution is 5.96. The van der Waals surface area contributed by atoms with Crippen LogP contribution in [0, 0.1) is 0 Å². The zero-order valence-electron chi connectivity index (χ0n) is 11.0. The van der Waals surface area contributed by atoms with Gasteiger partial charge in [0.25, 0.3) is 11.5 Å². The van der Waals surface area contributed by atoms with Crippen LogP contribution >= 0.6 is 0 Å². The molecule has 1 amide bonds. The Morgan fingerprint density at radius 2 is 2.00 bits per heavy atom. The molecule has 116 valence electrons. The molecule has 0 radical (unpaired) electrons. The third-order valence-corrected chi connectivity index (χ3v) is 2.64. The summed E-state index contributed by atoms with van der Waals surface area (Å²) in [5.41, 5.74) is -3.10. The van der Waals surface area contributed by atoms with Gasteiger partial charge in [-0.05, 0) is 18.6 Å². The molecule has 0 spiro atoms. The molecule has 0 aliphatic rings. The topological polar surface area (TPSA) is 99.3 Å². The van der Waals surface area contributed by atoms with Gasteiger partial charge in [0.05, 0.1) is 0 Å². The Morgan fingerprint density at radius 1 is 1.38 bits per heavy atom. The minimum Gasteiger partial charge on any atom is -0.480 e. The van der Waals surface area contributed by atoms with E-state index in [4.69, 9.17) is 5.11 Å². The second-order valence-electron chi connectivity index (χ2n) is 4.27. The highest BCUT2D eigenvalue weighted by Crippen LogP contribution is 2.26. The molecule has 0 aliphatic heterocycles. The van der Waals surface area contributed by atoms with Crippen molar-refractivity contribution in [2.75, 3.05) is 0 Å². The molecule has 0 aliphatic carbocycles. The molecular formula is C12H13F3N2O4. The molecule has 3 N–H and O–H groups in total. The van der Waals surface area contributed by atoms with Crippen molar-refractivity contribution in [3.63, 3.8) is 0 Å². The lowest BCUT2D eigenvalue weighted by Gasteiger charge is -2.13. The second-order valence-corrected chi connectivity index (χ2v) is 4.27. The number of H-pyrrole nitrogens is 1. The minimum atomic E-state index is -4.74. The predicted octanol–water partition coefficient (Wildman–Crippen LogP) is 1.38. The van der Waals surface area contributed by atoms with Crippen LogP contribution in [0.1, 0.15) is 35.8 Å². The second kappa shape index (κ2) is 6.42. The summed E-state index contributed by atoms with van der Waals surface area (Å²) in [7, 11) is 0. The molecule has 0 unspecified atom stereocenters. The Balaban J connectivity index is 2.98. The van der Waals surface area contributed by atoms with Crippen molar-refractivity contribution in [3.8, 4) is 0 Å². The van der Waals surface area contributed by atoms with Crippen molar-refractivity contribution < 1.29 is 27.9 Å². The number of hydrogen-bond acceptors (Lipinski definition) is 3. The number of nitrogens with one attached hydrogen (secondary N) is 2. The van der Waals surface area contributed by atoms with Crippen LogP contribution in [0.2, 0.25) is 0 Å². The number of aromatic amines is 1. The van der Waals surface area contributed by atoms with E-state index in [2.05, 4.69) is 5.32 Å². The summed E-state index contributed by atoms with van der Waals surface area (Å²) in [5.74, 6) is -2.32. The summed E-state index contributed by atoms with van der Waals surface area (Å²) in [6.45, 7) is 1.70. The van der Waals surface area contributed by atoms with Crippen molar-refractivity contribution in [1.29, 1.82) is 0 Å². The van der Waals surface area contributed by atoms with Crippen LogP contribution in [0.15, 0.2) is 16.9 Å². The van der Waals surface area contributed by atoms with E-state index < -0.39 is 40.9 Å². The molecule has 1 aromatic rings. The highest BCUT2D eigenvalue weighted by atomic mass is 19.4. The Labute approximate surface area is 117 Å². The summed E-state index contributed by atoms with van der Waals surface area (Å²) in [6.07, 6.45) is -4.12. The molecule has 0 fully saturated rings. The normalized spacial score (nSPS) is 12.8. The maximum atomic E-state index is 12.4. The lowest BCUT2D eigenvalue weighted by Crippen LogP contribution is -2.42. The maximum absolute atomic E-state index is 12.4. The van der Waals surface area contributed by atoms with E-state index >= 15 is 0 Å². The van der Waals surface area contributed by atoms with Gasteiger partial charge in [-0.3, -0.25) is 9.59 Å². The lowest BCUT2D eigenvalue weighted by atomic mass is 10.1. The molecule has 1 atom stereocenters. The third-order valence-electron chi connectivity index (χ3n) is 2.64. The maximum Gasteiger partial charge on any atom is 0.431 e. The van der Waals surface area contributed by atoms with Gasteiger partial charge < -0.3 is 15.4 Å². The van der Waals surface area contributed by atoms with Crippen molar-refractivity contribution in [3.05, 3.63) is 33.7 Å². The molecule has 1 aromatic heterocycles. The highest BCUT2D eigenvalue weighted by Gasteiger charge is 2.32. The first-order valence-corrected chi connectivity index (χ1v) is 6.01. The van der Waals surface area contributed by atoms with Crippen LogP contribution in [0.3, 0.4) is 0 Å². The van der Waals surface area contributed by atoms with Crippen LogP contribution in [0.25, 0.3) is 0 Å². The van der Waals surface area contributed by atoms with Gasteiger partial charge in [-0.25, -0.2) is 4.79 Å². The summed E-state index contributed by atoms with van der Waals surface area (Å²) in [5, 5.41) is 11.0. The van der Waals surface area contributed by atoms with E-state index in [0.29, 0.717) is 18.6 Å². The Hall–Kier alpha value is -2.32. The fraction of sp³-hybridized carbons (Fsp3) is 0.417. The van der Waals surface area contributed by atoms with Crippen LogP contribution in [0.5, 0.6) is 0 Å². The largest absolute Gasteiger partial charge is 0.480 e. The van der Waals surface area contributed by atoms with E-state index in [1.165, 1.54) is 0 Å². The first-order valence-electron chi connectivity index (χ1n) is 6.01. The molecule has 0 bridgehead atoms. The Kier molecular flexibility index (Phi) is 5.12. The molecule has 1 heterocycles. The molecule has 1 rings (SSSR count). The Morgan fingerprint density at radius 3 is 2.43 bits per heavy atom. The summed E-state index contributed by atoms with van der Waals surface area (Å²) >= 11 is 0. The van der Waals surface area contributed by atoms with Crippen molar-refractivity contribution in [2.24, 2.45) is 0 Å². The average Bonchev–Trinajstić information content (AvgIpc) is 2.36. The summed E-state index contributed by atoms with van der Waals surface area (Å²) in [6, 6.07) is 0.0532. The average molecular weight is 306 g/mol. The number of pyridine rings is 1. The van der Waals surface area contributed by atoms with Gasteiger partial charge >= 0.3 is 12.1 Å². The fourth-order valence-electron chi connectivity index (χ4n) is 1.60. The number of aromatic nitrogens is 1. The lowest BCUT2D eigenvalue weighted by molar-refractivity contribution is -0.141. The molecule has 0 aromatic carbocycles. The number of carbonyl (C=O) groups excluding carboxylic acids is 1. The summed E-state index contributed by atoms with van der Waals surface area (Å²) in [4.78, 5) is 35.6. The third kappa shape index (κ3) is 4.33. The van der Waals surface area contributed by atoms with Gasteiger partial charge in [0.15, 0.2) is 0 Å². The van der Waals surface area contributed by atoms with Gasteiger partial charge in [0.2, 0.25) is 0 Å². The van der Waals surface area contributed by atoms with Crippen LogP contribution in [0.4, 0.5) is 13.2 Å². The first-order chi connectivity index (χ1) is 9.66. The number of alkyl halides is 3. The number of amides is 1. The van der Waals surface area contributed by atoms with Crippen molar-refractivity contribution >= 4 is 11.9 Å². The number of rotatable bonds is 5. The van der Waals surface area contributed by atoms with E-state index in [1.54, 1.807) is 11.9 Å². The standard InChI is InChI=1S/C12H13F3N2O4/c1-2-3-7(11(20)21)16-9(18)6-4-5-8(12(13,14)15)17-10(6)19/h4-5,7H,2-3H2,1H3,(H,16,18)(H,17,19)(H,20,21)/t7-/m1/s1. The fourth-order valence-corrected chi connectivity index (χ4v) is 1.60. The van der Waals surface area contributed by atoms with E-state index in [0.717, 1.165) is 0 Å². The van der Waals surface area contributed by atoms with Crippen molar-refractivity contribution in [1.82, 2.24) is 10.3 Å². The summed E-state index contributed by atoms with van der Waals surface area (Å²) < 4.78 is 37.1. The van der Waals surface area contributed by atoms with Crippen molar-refractivity contribution in [2.45, 2.75) is 32.0 Å². The molecule has 9 heteroatoms.